The first-order valence-electron chi connectivity index (χ1n) is 36.6. The van der Waals surface area contributed by atoms with Gasteiger partial charge in [-0.05, 0) is 132 Å². The first-order chi connectivity index (χ1) is 52.9. The summed E-state index contributed by atoms with van der Waals surface area (Å²) in [4.78, 5) is 177. The number of piperidine rings is 4. The number of nitrogens with one attached hydrogen (secondary N) is 12. The quantitative estimate of drug-likeness (QED) is 0.0855. The molecule has 10 heterocycles. The maximum absolute atomic E-state index is 13.5. The van der Waals surface area contributed by atoms with Gasteiger partial charge in [-0.3, -0.25) is 69.0 Å². The monoisotopic (exact) mass is 1590 g/mol. The van der Waals surface area contributed by atoms with Crippen LogP contribution in [0.15, 0.2) is 68.5 Å². The van der Waals surface area contributed by atoms with Crippen LogP contribution in [-0.4, -0.2) is 261 Å². The van der Waals surface area contributed by atoms with Crippen molar-refractivity contribution in [3.05, 3.63) is 59.7 Å². The lowest BCUT2D eigenvalue weighted by Crippen LogP contribution is -2.51. The first kappa shape index (κ1) is 88.6. The Hall–Kier alpha value is -10.6. The van der Waals surface area contributed by atoms with Gasteiger partial charge in [0.2, 0.25) is 17.7 Å². The molecule has 2 aromatic carbocycles. The van der Waals surface area contributed by atoms with Crippen molar-refractivity contribution in [2.24, 2.45) is 25.7 Å². The van der Waals surface area contributed by atoms with E-state index in [1.54, 1.807) is 33.8 Å². The normalized spacial score (nSPS) is 17.9. The van der Waals surface area contributed by atoms with Crippen molar-refractivity contribution >= 4 is 169 Å². The molecule has 40 heteroatoms. The highest BCUT2D eigenvalue weighted by molar-refractivity contribution is 7.24. The van der Waals surface area contributed by atoms with E-state index in [0.29, 0.717) is 142 Å². The molecule has 12 rings (SSSR count). The number of nitrogens with two attached hydrogens (primary N) is 1. The van der Waals surface area contributed by atoms with Crippen molar-refractivity contribution in [1.29, 1.82) is 0 Å². The van der Waals surface area contributed by atoms with E-state index < -0.39 is 45.4 Å². The minimum atomic E-state index is -1.04. The molecule has 8 aliphatic heterocycles. The van der Waals surface area contributed by atoms with Crippen molar-refractivity contribution < 1.29 is 76.9 Å². The number of aliphatic imine (C=N–C) groups is 4. The molecular formula is C72H100B2N20O16S2. The van der Waals surface area contributed by atoms with E-state index >= 15 is 0 Å². The van der Waals surface area contributed by atoms with Crippen molar-refractivity contribution in [2.75, 3.05) is 102 Å². The van der Waals surface area contributed by atoms with E-state index in [9.17, 15) is 67.4 Å². The molecule has 4 radical (unpaired) electrons. The molecule has 8 aliphatic rings. The molecule has 4 fully saturated rings. The Balaban J connectivity index is 0.000000198. The van der Waals surface area contributed by atoms with Gasteiger partial charge in [0.15, 0.2) is 0 Å². The number of benzene rings is 2. The number of hydrogen-bond acceptors (Lipinski definition) is 23. The van der Waals surface area contributed by atoms with Crippen LogP contribution >= 0.6 is 22.7 Å². The molecule has 602 valence electrons. The number of anilines is 2. The van der Waals surface area contributed by atoms with Crippen LogP contribution in [0.4, 0.5) is 29.2 Å². The second-order valence-corrected chi connectivity index (χ2v) is 31.1. The molecule has 0 bridgehead atoms. The Kier molecular flexibility index (Phi) is 30.9. The van der Waals surface area contributed by atoms with Crippen LogP contribution < -0.4 is 69.5 Å². The molecule has 0 unspecified atom stereocenters. The van der Waals surface area contributed by atoms with E-state index in [4.69, 9.17) is 15.2 Å². The van der Waals surface area contributed by atoms with Crippen LogP contribution in [0.2, 0.25) is 0 Å². The lowest BCUT2D eigenvalue weighted by molar-refractivity contribution is -0.126. The number of nitrogens with zero attached hydrogens (tertiary/aromatic N) is 7. The summed E-state index contributed by atoms with van der Waals surface area (Å²) in [5, 5.41) is 44.1. The Morgan fingerprint density at radius 2 is 0.804 bits per heavy atom. The number of urea groups is 2. The van der Waals surface area contributed by atoms with Crippen LogP contribution in [0.25, 0.3) is 20.2 Å². The summed E-state index contributed by atoms with van der Waals surface area (Å²) in [6.07, 6.45) is 3.41. The highest BCUT2D eigenvalue weighted by Crippen LogP contribution is 2.40. The van der Waals surface area contributed by atoms with Crippen molar-refractivity contribution in [2.45, 2.75) is 161 Å². The lowest BCUT2D eigenvalue weighted by atomic mass is 9.81. The third kappa shape index (κ3) is 23.5. The van der Waals surface area contributed by atoms with Gasteiger partial charge in [-0.2, -0.15) is 0 Å². The van der Waals surface area contributed by atoms with Crippen molar-refractivity contribution in [3.8, 4) is 0 Å². The zero-order valence-electron chi connectivity index (χ0n) is 64.9. The van der Waals surface area contributed by atoms with E-state index in [-0.39, 0.29) is 90.7 Å². The number of ether oxygens (including phenoxy) is 2. The number of carboxylic acids is 1. The number of carboxylic acid groups (broad SMARTS) is 1. The Morgan fingerprint density at radius 1 is 0.491 bits per heavy atom. The first-order valence-corrected chi connectivity index (χ1v) is 38.3. The van der Waals surface area contributed by atoms with Crippen LogP contribution in [-0.2, 0) is 43.0 Å². The Morgan fingerprint density at radius 3 is 1.12 bits per heavy atom. The summed E-state index contributed by atoms with van der Waals surface area (Å²) in [6, 6.07) is 14.0. The number of aromatic carboxylic acids is 1. The van der Waals surface area contributed by atoms with Gasteiger partial charge in [-0.25, -0.2) is 24.0 Å². The third-order valence-electron chi connectivity index (χ3n) is 18.4. The molecule has 0 aliphatic carbocycles. The summed E-state index contributed by atoms with van der Waals surface area (Å²) < 4.78 is 12.4. The number of likely N-dealkylation sites (tertiary alicyclic amines) is 3. The molecule has 2 aromatic heterocycles. The summed E-state index contributed by atoms with van der Waals surface area (Å²) in [7, 11) is 8.00. The predicted octanol–water partition coefficient (Wildman–Crippen LogP) is 3.10. The fraction of sp³-hybridized carbons (Fsp3) is 0.542. The summed E-state index contributed by atoms with van der Waals surface area (Å²) >= 11 is 2.61. The summed E-state index contributed by atoms with van der Waals surface area (Å²) in [5.74, 6) is -0.230. The van der Waals surface area contributed by atoms with E-state index in [2.05, 4.69) is 99.2 Å². The number of amidine groups is 4. The largest absolute Gasteiger partial charge is 0.478 e. The van der Waals surface area contributed by atoms with Crippen LogP contribution in [0.5, 0.6) is 0 Å². The summed E-state index contributed by atoms with van der Waals surface area (Å²) in [5.41, 5.74) is 1.98. The number of carbonyl (C=O) groups is 13. The van der Waals surface area contributed by atoms with Gasteiger partial charge >= 0.3 is 30.2 Å². The molecule has 0 saturated carbocycles. The van der Waals surface area contributed by atoms with Gasteiger partial charge in [0.05, 0.1) is 31.7 Å². The van der Waals surface area contributed by atoms with Crippen LogP contribution in [0.3, 0.4) is 0 Å². The third-order valence-corrected chi connectivity index (χ3v) is 20.5. The van der Waals surface area contributed by atoms with Gasteiger partial charge in [-0.15, -0.1) is 22.7 Å². The smallest absolute Gasteiger partial charge is 0.410 e. The zero-order valence-corrected chi connectivity index (χ0v) is 66.6. The highest BCUT2D eigenvalue weighted by atomic mass is 32.1. The number of fused-ring (bicyclic) bond motifs is 2. The maximum atomic E-state index is 13.5. The fourth-order valence-corrected chi connectivity index (χ4v) is 15.0. The number of rotatable bonds is 13. The van der Waals surface area contributed by atoms with E-state index in [1.165, 1.54) is 43.4 Å². The Labute approximate surface area is 659 Å². The topological polar surface area (TPSA) is 490 Å². The molecule has 15 N–H and O–H groups in total. The SMILES string of the molecule is CC(=O)NCC1=NC2(CCN(C(=O)OC(C)(C)C)CC2)C(=O)N1.CC(=O)NCC1=NC2(CCNCC2)C(=O)N1.CC(C)(C)OC(=O)N1CCC2(CC1)N=C(CN)NC2=O.CCNC(=O)Nc1sc2ccccc2c1C(=O)N1CCC2(CC1)N=C(CNC(C)=O)NC2=O.CCNC(=O)Nc1sc2ccccc2c1C(=O)O.[B][B]. The molecule has 14 amide bonds. The molecule has 112 heavy (non-hydrogen) atoms. The number of carbonyl (C=O) groups excluding carboxylic acids is 12. The van der Waals surface area contributed by atoms with Gasteiger partial charge < -0.3 is 88.2 Å². The standard InChI is InChI=1S/C22H26N6O4S.C15H24N4O4.C13H22N4O3.C12H12N2O3S.C10H16N4O2.B2/c1-3-23-21(32)26-18-17(14-6-4-5-7-15(14)33-18)19(30)28-10-8-22(9-11-28)20(31)25-16(27-22)12-24-13(2)29;1-10(20)16-9-11-17-12(21)15(18-11)5-7-19(8-6-15)13(22)23-14(2,3)4;1-12(2,3)20-11(19)17-6-4-13(5-7-17)10(18)15-9(8-14)16-13;1-2-13-12(17)14-10-9(11(15)16)7-5-3-4-6-8(7)18-10;1-7(15)12-6-8-13-9(16)10(14-8)2-4-11-5-3-10;1-2/h4-7H,3,8-12H2,1-2H3,(H,24,29)(H2,23,26,32)(H,25,27,31);5-9H2,1-4H3,(H,16,20)(H,17,18,21);4-8,14H2,1-3H3,(H,15,16,18);3-6H,2H2,1H3,(H,15,16)(H2,13,14,17);11H,2-6H2,1H3,(H,12,15)(H,13,14,16);. The molecular weight excluding hydrogens is 1490 g/mol. The number of hydrogen-bond donors (Lipinski definition) is 14. The van der Waals surface area contributed by atoms with E-state index in [1.807, 2.05) is 84.9 Å². The maximum Gasteiger partial charge on any atom is 0.410 e. The Bertz CT molecular complexity index is 4310. The van der Waals surface area contributed by atoms with Crippen molar-refractivity contribution in [3.63, 3.8) is 0 Å². The van der Waals surface area contributed by atoms with Gasteiger partial charge in [0.25, 0.3) is 29.5 Å². The minimum absolute atomic E-state index is 0.0330. The predicted molar refractivity (Wildman–Crippen MR) is 427 cm³/mol. The van der Waals surface area contributed by atoms with Crippen molar-refractivity contribution in [1.82, 2.24) is 67.9 Å². The number of amides is 14. The molecule has 0 atom stereocenters. The lowest BCUT2D eigenvalue weighted by Gasteiger charge is -2.36. The highest BCUT2D eigenvalue weighted by Gasteiger charge is 2.50. The van der Waals surface area contributed by atoms with E-state index in [0.717, 1.165) is 40.7 Å². The second kappa shape index (κ2) is 39.0. The van der Waals surface area contributed by atoms with Gasteiger partial charge in [-0.1, -0.05) is 36.4 Å². The van der Waals surface area contributed by atoms with Gasteiger partial charge in [0.1, 0.15) is 72.3 Å². The molecule has 36 nitrogen and oxygen atoms in total. The van der Waals surface area contributed by atoms with Crippen LogP contribution in [0.1, 0.15) is 148 Å². The second-order valence-electron chi connectivity index (χ2n) is 29.0. The van der Waals surface area contributed by atoms with Crippen LogP contribution in [0, 0.1) is 0 Å². The zero-order chi connectivity index (χ0) is 82.5. The van der Waals surface area contributed by atoms with Gasteiger partial charge in [0, 0.05) is 109 Å². The average molecular weight is 1590 g/mol. The molecule has 4 aromatic rings. The number of thiophene rings is 2. The average Bonchev–Trinajstić information content (AvgIpc) is 1.62. The summed E-state index contributed by atoms with van der Waals surface area (Å²) in [6.45, 7) is 24.8. The fourth-order valence-electron chi connectivity index (χ4n) is 12.8. The molecule has 4 spiro atoms. The molecule has 4 saturated heterocycles. The minimum Gasteiger partial charge on any atom is -0.478 e.